The van der Waals surface area contributed by atoms with E-state index in [1.54, 1.807) is 32.0 Å². The molecule has 2 heteroatoms. The summed E-state index contributed by atoms with van der Waals surface area (Å²) in [5.41, 5.74) is 0.543. The Morgan fingerprint density at radius 1 is 1.27 bits per heavy atom. The van der Waals surface area contributed by atoms with Crippen molar-refractivity contribution in [1.29, 1.82) is 0 Å². The van der Waals surface area contributed by atoms with E-state index >= 15 is 0 Å². The number of rotatable bonds is 1. The zero-order valence-electron chi connectivity index (χ0n) is 6.57. The first-order valence-electron chi connectivity index (χ1n) is 3.46. The molecule has 1 aromatic carbocycles. The van der Waals surface area contributed by atoms with E-state index in [1.165, 1.54) is 6.07 Å². The van der Waals surface area contributed by atoms with Crippen molar-refractivity contribution in [3.8, 4) is 0 Å². The van der Waals surface area contributed by atoms with E-state index in [0.717, 1.165) is 0 Å². The second-order valence-electron chi connectivity index (χ2n) is 2.95. The lowest BCUT2D eigenvalue weighted by Crippen LogP contribution is -2.09. The molecule has 0 radical (unpaired) electrons. The Morgan fingerprint density at radius 3 is 2.18 bits per heavy atom. The molecular formula is C9H10ClF. The molecule has 0 fully saturated rings. The Morgan fingerprint density at radius 2 is 1.82 bits per heavy atom. The SMILES string of the molecule is CC(C)(Cl)c1ccccc1F. The van der Waals surface area contributed by atoms with Gasteiger partial charge in [-0.1, -0.05) is 18.2 Å². The van der Waals surface area contributed by atoms with Crippen LogP contribution in [-0.4, -0.2) is 0 Å². The van der Waals surface area contributed by atoms with Gasteiger partial charge in [0.15, 0.2) is 0 Å². The third-order valence-corrected chi connectivity index (χ3v) is 1.72. The number of halogens is 2. The predicted octanol–water partition coefficient (Wildman–Crippen LogP) is 3.30. The quantitative estimate of drug-likeness (QED) is 0.571. The van der Waals surface area contributed by atoms with E-state index in [9.17, 15) is 4.39 Å². The van der Waals surface area contributed by atoms with Crippen LogP contribution in [0.1, 0.15) is 19.4 Å². The molecule has 0 saturated carbocycles. The van der Waals surface area contributed by atoms with Crippen molar-refractivity contribution >= 4 is 11.6 Å². The fourth-order valence-electron chi connectivity index (χ4n) is 0.943. The van der Waals surface area contributed by atoms with Crippen LogP contribution in [0.5, 0.6) is 0 Å². The molecule has 0 aliphatic carbocycles. The van der Waals surface area contributed by atoms with E-state index in [2.05, 4.69) is 0 Å². The minimum absolute atomic E-state index is 0.243. The Labute approximate surface area is 71.0 Å². The van der Waals surface area contributed by atoms with Gasteiger partial charge in [-0.15, -0.1) is 11.6 Å². The van der Waals surface area contributed by atoms with Crippen molar-refractivity contribution in [3.05, 3.63) is 35.6 Å². The number of hydrogen-bond donors (Lipinski definition) is 0. The van der Waals surface area contributed by atoms with Gasteiger partial charge in [0.2, 0.25) is 0 Å². The third kappa shape index (κ3) is 1.93. The Bertz CT molecular complexity index is 250. The number of benzene rings is 1. The normalized spacial score (nSPS) is 11.6. The molecule has 0 saturated heterocycles. The van der Waals surface area contributed by atoms with Gasteiger partial charge in [-0.05, 0) is 19.9 Å². The maximum atomic E-state index is 13.0. The molecule has 1 aromatic rings. The van der Waals surface area contributed by atoms with Crippen molar-refractivity contribution < 1.29 is 4.39 Å². The van der Waals surface area contributed by atoms with Crippen LogP contribution in [0.4, 0.5) is 4.39 Å². The highest BCUT2D eigenvalue weighted by atomic mass is 35.5. The van der Waals surface area contributed by atoms with Gasteiger partial charge in [0, 0.05) is 5.56 Å². The monoisotopic (exact) mass is 172 g/mol. The number of alkyl halides is 1. The minimum atomic E-state index is -0.620. The topological polar surface area (TPSA) is 0 Å². The van der Waals surface area contributed by atoms with E-state index < -0.39 is 4.87 Å². The molecule has 0 unspecified atom stereocenters. The standard InChI is InChI=1S/C9H10ClF/c1-9(2,10)7-5-3-4-6-8(7)11/h3-6H,1-2H3. The van der Waals surface area contributed by atoms with Gasteiger partial charge >= 0.3 is 0 Å². The van der Waals surface area contributed by atoms with Crippen LogP contribution in [0, 0.1) is 5.82 Å². The van der Waals surface area contributed by atoms with Crippen molar-refractivity contribution in [2.75, 3.05) is 0 Å². The molecule has 60 valence electrons. The first-order chi connectivity index (χ1) is 5.02. The van der Waals surface area contributed by atoms with Gasteiger partial charge in [0.05, 0.1) is 4.87 Å². The maximum Gasteiger partial charge on any atom is 0.128 e. The lowest BCUT2D eigenvalue weighted by Gasteiger charge is -2.16. The van der Waals surface area contributed by atoms with E-state index in [1.807, 2.05) is 0 Å². The van der Waals surface area contributed by atoms with Gasteiger partial charge in [0.25, 0.3) is 0 Å². The van der Waals surface area contributed by atoms with Crippen molar-refractivity contribution in [2.45, 2.75) is 18.7 Å². The summed E-state index contributed by atoms with van der Waals surface area (Å²) in [5, 5.41) is 0. The number of hydrogen-bond acceptors (Lipinski definition) is 0. The molecule has 0 spiro atoms. The largest absolute Gasteiger partial charge is 0.207 e. The summed E-state index contributed by atoms with van der Waals surface area (Å²) in [6.45, 7) is 3.54. The van der Waals surface area contributed by atoms with E-state index in [4.69, 9.17) is 11.6 Å². The average Bonchev–Trinajstić information content (AvgIpc) is 1.86. The second-order valence-corrected chi connectivity index (χ2v) is 3.90. The average molecular weight is 173 g/mol. The van der Waals surface area contributed by atoms with Crippen LogP contribution in [0.15, 0.2) is 24.3 Å². The molecule has 0 N–H and O–H groups in total. The second kappa shape index (κ2) is 2.82. The molecule has 0 nitrogen and oxygen atoms in total. The molecule has 0 bridgehead atoms. The van der Waals surface area contributed by atoms with Crippen LogP contribution < -0.4 is 0 Å². The van der Waals surface area contributed by atoms with Crippen molar-refractivity contribution in [2.24, 2.45) is 0 Å². The summed E-state index contributed by atoms with van der Waals surface area (Å²) in [5.74, 6) is -0.243. The fourth-order valence-corrected chi connectivity index (χ4v) is 1.10. The summed E-state index contributed by atoms with van der Waals surface area (Å²) >= 11 is 5.92. The zero-order valence-corrected chi connectivity index (χ0v) is 7.32. The summed E-state index contributed by atoms with van der Waals surface area (Å²) in [6.07, 6.45) is 0. The molecule has 0 aromatic heterocycles. The summed E-state index contributed by atoms with van der Waals surface area (Å²) < 4.78 is 13.0. The van der Waals surface area contributed by atoms with Gasteiger partial charge in [-0.2, -0.15) is 0 Å². The molecule has 0 atom stereocenters. The third-order valence-electron chi connectivity index (χ3n) is 1.51. The summed E-state index contributed by atoms with van der Waals surface area (Å²) in [4.78, 5) is -0.620. The van der Waals surface area contributed by atoms with Crippen LogP contribution in [0.3, 0.4) is 0 Å². The van der Waals surface area contributed by atoms with Crippen LogP contribution in [0.2, 0.25) is 0 Å². The molecule has 0 aliphatic heterocycles. The van der Waals surface area contributed by atoms with Gasteiger partial charge < -0.3 is 0 Å². The van der Waals surface area contributed by atoms with Crippen LogP contribution in [-0.2, 0) is 4.87 Å². The van der Waals surface area contributed by atoms with E-state index in [-0.39, 0.29) is 5.82 Å². The first-order valence-corrected chi connectivity index (χ1v) is 3.83. The fraction of sp³-hybridized carbons (Fsp3) is 0.333. The maximum absolute atomic E-state index is 13.0. The molecule has 0 heterocycles. The first kappa shape index (κ1) is 8.54. The smallest absolute Gasteiger partial charge is 0.128 e. The lowest BCUT2D eigenvalue weighted by molar-refractivity contribution is 0.583. The zero-order chi connectivity index (χ0) is 8.48. The highest BCUT2D eigenvalue weighted by Gasteiger charge is 2.19. The summed E-state index contributed by atoms with van der Waals surface area (Å²) in [6, 6.07) is 6.55. The minimum Gasteiger partial charge on any atom is -0.207 e. The Hall–Kier alpha value is -0.560. The highest BCUT2D eigenvalue weighted by Crippen LogP contribution is 2.29. The van der Waals surface area contributed by atoms with Gasteiger partial charge in [0.1, 0.15) is 5.82 Å². The predicted molar refractivity (Wildman–Crippen MR) is 45.3 cm³/mol. The molecule has 1 rings (SSSR count). The van der Waals surface area contributed by atoms with Crippen LogP contribution >= 0.6 is 11.6 Å². The van der Waals surface area contributed by atoms with Gasteiger partial charge in [-0.25, -0.2) is 4.39 Å². The Kier molecular flexibility index (Phi) is 2.19. The lowest BCUT2D eigenvalue weighted by atomic mass is 10.0. The highest BCUT2D eigenvalue weighted by molar-refractivity contribution is 6.23. The van der Waals surface area contributed by atoms with Crippen molar-refractivity contribution in [3.63, 3.8) is 0 Å². The Balaban J connectivity index is 3.14. The molecule has 0 aliphatic rings. The molecular weight excluding hydrogens is 163 g/mol. The van der Waals surface area contributed by atoms with E-state index in [0.29, 0.717) is 5.56 Å². The summed E-state index contributed by atoms with van der Waals surface area (Å²) in [7, 11) is 0. The molecule has 11 heavy (non-hydrogen) atoms. The van der Waals surface area contributed by atoms with Crippen LogP contribution in [0.25, 0.3) is 0 Å². The van der Waals surface area contributed by atoms with Crippen molar-refractivity contribution in [1.82, 2.24) is 0 Å². The molecule has 0 amide bonds. The van der Waals surface area contributed by atoms with Gasteiger partial charge in [-0.3, -0.25) is 0 Å².